The van der Waals surface area contributed by atoms with E-state index in [-0.39, 0.29) is 17.9 Å². The molecule has 1 saturated heterocycles. The minimum atomic E-state index is -0.541. The first-order valence-corrected chi connectivity index (χ1v) is 9.98. The van der Waals surface area contributed by atoms with Crippen LogP contribution in [0.5, 0.6) is 0 Å². The number of carbonyl (C=O) groups excluding carboxylic acids is 1. The molecule has 0 N–H and O–H groups in total. The fourth-order valence-electron chi connectivity index (χ4n) is 4.73. The van der Waals surface area contributed by atoms with Gasteiger partial charge in [-0.1, -0.05) is 17.7 Å². The molecule has 4 nitrogen and oxygen atoms in total. The lowest BCUT2D eigenvalue weighted by atomic mass is 9.74. The van der Waals surface area contributed by atoms with Gasteiger partial charge in [-0.15, -0.1) is 0 Å². The Hall–Kier alpha value is -2.31. The van der Waals surface area contributed by atoms with Crippen molar-refractivity contribution in [3.8, 4) is 0 Å². The zero-order valence-electron chi connectivity index (χ0n) is 16.9. The third kappa shape index (κ3) is 3.91. The summed E-state index contributed by atoms with van der Waals surface area (Å²) < 4.78 is 32.1. The Balaban J connectivity index is 1.52. The van der Waals surface area contributed by atoms with E-state index in [4.69, 9.17) is 4.74 Å². The van der Waals surface area contributed by atoms with E-state index in [0.29, 0.717) is 18.7 Å². The Morgan fingerprint density at radius 3 is 2.45 bits per heavy atom. The van der Waals surface area contributed by atoms with Gasteiger partial charge in [-0.3, -0.25) is 9.69 Å². The molecule has 0 radical (unpaired) electrons. The number of amides is 1. The molecule has 0 bridgehead atoms. The number of nitrogens with zero attached hydrogens (tertiary/aromatic N) is 2. The molecule has 0 aliphatic carbocycles. The number of piperidine rings is 1. The maximum atomic E-state index is 13.5. The normalized spacial score (nSPS) is 18.3. The molecule has 2 aliphatic rings. The lowest BCUT2D eigenvalue weighted by molar-refractivity contribution is -0.122. The fraction of sp³-hybridized carbons (Fsp3) is 0.435. The Bertz CT molecular complexity index is 903. The molecular weight excluding hydrogens is 374 g/mol. The van der Waals surface area contributed by atoms with Gasteiger partial charge in [0.2, 0.25) is 0 Å². The van der Waals surface area contributed by atoms with Crippen LogP contribution in [0, 0.1) is 18.6 Å². The first kappa shape index (κ1) is 20.0. The van der Waals surface area contributed by atoms with Crippen molar-refractivity contribution in [2.75, 3.05) is 38.3 Å². The van der Waals surface area contributed by atoms with Crippen LogP contribution in [0.1, 0.15) is 29.5 Å². The highest BCUT2D eigenvalue weighted by atomic mass is 19.1. The molecule has 0 unspecified atom stereocenters. The first-order chi connectivity index (χ1) is 13.9. The number of benzene rings is 2. The lowest BCUT2D eigenvalue weighted by Crippen LogP contribution is -2.46. The maximum absolute atomic E-state index is 13.5. The van der Waals surface area contributed by atoms with Crippen molar-refractivity contribution in [3.05, 3.63) is 64.7 Å². The highest BCUT2D eigenvalue weighted by Gasteiger charge is 2.46. The van der Waals surface area contributed by atoms with Gasteiger partial charge in [-0.25, -0.2) is 8.78 Å². The summed E-state index contributed by atoms with van der Waals surface area (Å²) in [5.41, 5.74) is 3.98. The van der Waals surface area contributed by atoms with Crippen molar-refractivity contribution < 1.29 is 18.3 Å². The van der Waals surface area contributed by atoms with Crippen LogP contribution in [-0.4, -0.2) is 44.2 Å². The second kappa shape index (κ2) is 7.84. The number of halogens is 2. The SMILES string of the molecule is COCC(=O)N1CC2(CCN(Cc3cc(F)cc(F)c3)CC2)c2cc(C)ccc21. The topological polar surface area (TPSA) is 32.8 Å². The van der Waals surface area contributed by atoms with Crippen molar-refractivity contribution in [2.45, 2.75) is 31.7 Å². The van der Waals surface area contributed by atoms with E-state index < -0.39 is 11.6 Å². The number of hydrogen-bond donors (Lipinski definition) is 0. The summed E-state index contributed by atoms with van der Waals surface area (Å²) in [7, 11) is 1.54. The summed E-state index contributed by atoms with van der Waals surface area (Å²) in [6.07, 6.45) is 1.80. The zero-order chi connectivity index (χ0) is 20.6. The predicted molar refractivity (Wildman–Crippen MR) is 108 cm³/mol. The molecule has 0 saturated carbocycles. The third-order valence-electron chi connectivity index (χ3n) is 6.19. The number of fused-ring (bicyclic) bond motifs is 2. The molecule has 154 valence electrons. The molecule has 1 amide bonds. The Morgan fingerprint density at radius 2 is 1.79 bits per heavy atom. The molecule has 2 heterocycles. The van der Waals surface area contributed by atoms with Crippen LogP contribution in [0.2, 0.25) is 0 Å². The molecule has 0 aromatic heterocycles. The molecule has 2 aromatic carbocycles. The first-order valence-electron chi connectivity index (χ1n) is 9.98. The number of ether oxygens (including phenoxy) is 1. The van der Waals surface area contributed by atoms with E-state index in [1.807, 2.05) is 17.0 Å². The molecule has 6 heteroatoms. The van der Waals surface area contributed by atoms with Gasteiger partial charge in [-0.05, 0) is 62.2 Å². The average Bonchev–Trinajstić information content (AvgIpc) is 2.97. The molecule has 2 aromatic rings. The molecule has 0 atom stereocenters. The minimum absolute atomic E-state index is 0.0212. The average molecular weight is 400 g/mol. The van der Waals surface area contributed by atoms with Crippen LogP contribution in [0.15, 0.2) is 36.4 Å². The molecule has 2 aliphatic heterocycles. The molecule has 4 rings (SSSR count). The Kier molecular flexibility index (Phi) is 5.40. The van der Waals surface area contributed by atoms with Crippen LogP contribution in [0.4, 0.5) is 14.5 Å². The van der Waals surface area contributed by atoms with Crippen LogP contribution in [0.3, 0.4) is 0 Å². The van der Waals surface area contributed by atoms with Crippen LogP contribution in [-0.2, 0) is 21.5 Å². The Morgan fingerprint density at radius 1 is 1.10 bits per heavy atom. The van der Waals surface area contributed by atoms with Crippen molar-refractivity contribution in [1.29, 1.82) is 0 Å². The molecule has 1 spiro atoms. The van der Waals surface area contributed by atoms with Crippen molar-refractivity contribution >= 4 is 11.6 Å². The highest BCUT2D eigenvalue weighted by Crippen LogP contribution is 2.47. The van der Waals surface area contributed by atoms with Crippen LogP contribution in [0.25, 0.3) is 0 Å². The van der Waals surface area contributed by atoms with E-state index in [1.165, 1.54) is 30.4 Å². The van der Waals surface area contributed by atoms with Gasteiger partial charge in [-0.2, -0.15) is 0 Å². The van der Waals surface area contributed by atoms with Crippen molar-refractivity contribution in [2.24, 2.45) is 0 Å². The summed E-state index contributed by atoms with van der Waals surface area (Å²) >= 11 is 0. The quantitative estimate of drug-likeness (QED) is 0.783. The van der Waals surface area contributed by atoms with Crippen LogP contribution >= 0.6 is 0 Å². The predicted octanol–water partition coefficient (Wildman–Crippen LogP) is 3.80. The number of rotatable bonds is 4. The minimum Gasteiger partial charge on any atom is -0.375 e. The van der Waals surface area contributed by atoms with Gasteiger partial charge < -0.3 is 9.64 Å². The van der Waals surface area contributed by atoms with Gasteiger partial charge in [0.15, 0.2) is 0 Å². The van der Waals surface area contributed by atoms with Gasteiger partial charge in [0.1, 0.15) is 18.2 Å². The number of likely N-dealkylation sites (tertiary alicyclic amines) is 1. The van der Waals surface area contributed by atoms with E-state index in [1.54, 1.807) is 0 Å². The van der Waals surface area contributed by atoms with Gasteiger partial charge >= 0.3 is 0 Å². The summed E-state index contributed by atoms with van der Waals surface area (Å²) in [5, 5.41) is 0. The van der Waals surface area contributed by atoms with E-state index >= 15 is 0 Å². The second-order valence-electron chi connectivity index (χ2n) is 8.27. The lowest BCUT2D eigenvalue weighted by Gasteiger charge is -2.40. The maximum Gasteiger partial charge on any atom is 0.252 e. The summed E-state index contributed by atoms with van der Waals surface area (Å²) in [6.45, 7) is 4.96. The number of hydrogen-bond acceptors (Lipinski definition) is 3. The fourth-order valence-corrected chi connectivity index (χ4v) is 4.73. The van der Waals surface area contributed by atoms with Gasteiger partial charge in [0.05, 0.1) is 0 Å². The third-order valence-corrected chi connectivity index (χ3v) is 6.19. The van der Waals surface area contributed by atoms with E-state index in [2.05, 4.69) is 17.9 Å². The van der Waals surface area contributed by atoms with E-state index in [9.17, 15) is 13.6 Å². The Labute approximate surface area is 170 Å². The second-order valence-corrected chi connectivity index (χ2v) is 8.27. The number of anilines is 1. The van der Waals surface area contributed by atoms with E-state index in [0.717, 1.165) is 37.7 Å². The highest BCUT2D eigenvalue weighted by molar-refractivity contribution is 5.97. The summed E-state index contributed by atoms with van der Waals surface area (Å²) in [5.74, 6) is -1.10. The largest absolute Gasteiger partial charge is 0.375 e. The number of carbonyl (C=O) groups is 1. The number of methoxy groups -OCH3 is 1. The monoisotopic (exact) mass is 400 g/mol. The zero-order valence-corrected chi connectivity index (χ0v) is 16.9. The smallest absolute Gasteiger partial charge is 0.252 e. The molecule has 29 heavy (non-hydrogen) atoms. The van der Waals surface area contributed by atoms with Gasteiger partial charge in [0.25, 0.3) is 5.91 Å². The summed E-state index contributed by atoms with van der Waals surface area (Å²) in [4.78, 5) is 16.7. The van der Waals surface area contributed by atoms with Gasteiger partial charge in [0, 0.05) is 37.4 Å². The number of aryl methyl sites for hydroxylation is 1. The van der Waals surface area contributed by atoms with Crippen molar-refractivity contribution in [1.82, 2.24) is 4.90 Å². The van der Waals surface area contributed by atoms with Crippen LogP contribution < -0.4 is 4.90 Å². The molecular formula is C23H26F2N2O2. The molecule has 1 fully saturated rings. The standard InChI is InChI=1S/C23H26F2N2O2/c1-16-3-4-21-20(9-16)23(15-27(21)22(28)14-29-2)5-7-26(8-6-23)13-17-10-18(24)12-19(25)11-17/h3-4,9-12H,5-8,13-15H2,1-2H3. The summed E-state index contributed by atoms with van der Waals surface area (Å²) in [6, 6.07) is 9.97. The van der Waals surface area contributed by atoms with Crippen molar-refractivity contribution in [3.63, 3.8) is 0 Å².